The first-order chi connectivity index (χ1) is 9.08. The average molecular weight is 275 g/mol. The van der Waals surface area contributed by atoms with E-state index in [0.29, 0.717) is 16.6 Å². The Morgan fingerprint density at radius 2 is 2.00 bits per heavy atom. The third-order valence-electron chi connectivity index (χ3n) is 2.42. The molecular weight excluding hydrogens is 262 g/mol. The van der Waals surface area contributed by atoms with Gasteiger partial charge in [0.2, 0.25) is 0 Å². The number of carbonyl (C=O) groups is 1. The van der Waals surface area contributed by atoms with Gasteiger partial charge in [0.05, 0.1) is 5.56 Å². The van der Waals surface area contributed by atoms with E-state index in [1.807, 2.05) is 13.8 Å². The van der Waals surface area contributed by atoms with Gasteiger partial charge in [0.15, 0.2) is 5.16 Å². The van der Waals surface area contributed by atoms with Crippen LogP contribution in [0.2, 0.25) is 0 Å². The fraction of sp³-hybridized carbons (Fsp3) is 0.231. The van der Waals surface area contributed by atoms with Gasteiger partial charge in [-0.2, -0.15) is 0 Å². The number of carboxylic acids is 1. The highest BCUT2D eigenvalue weighted by Gasteiger charge is 2.10. The number of hydrogen-bond acceptors (Lipinski definition) is 5. The Kier molecular flexibility index (Phi) is 4.11. The summed E-state index contributed by atoms with van der Waals surface area (Å²) < 4.78 is 0. The van der Waals surface area contributed by atoms with Gasteiger partial charge in [-0.05, 0) is 42.8 Å². The minimum absolute atomic E-state index is 0.237. The molecule has 0 aromatic carbocycles. The van der Waals surface area contributed by atoms with Crippen molar-refractivity contribution in [2.24, 2.45) is 0 Å². The second kappa shape index (κ2) is 5.79. The maximum absolute atomic E-state index is 11.1. The molecular formula is C13H13N3O2S. The van der Waals surface area contributed by atoms with Gasteiger partial charge in [0.1, 0.15) is 5.03 Å². The monoisotopic (exact) mass is 275 g/mol. The molecule has 0 saturated carbocycles. The minimum atomic E-state index is -0.955. The van der Waals surface area contributed by atoms with Gasteiger partial charge in [-0.1, -0.05) is 6.92 Å². The largest absolute Gasteiger partial charge is 0.478 e. The summed E-state index contributed by atoms with van der Waals surface area (Å²) in [5, 5.41) is 10.2. The zero-order valence-electron chi connectivity index (χ0n) is 10.6. The van der Waals surface area contributed by atoms with E-state index >= 15 is 0 Å². The van der Waals surface area contributed by atoms with E-state index in [2.05, 4.69) is 15.0 Å². The Morgan fingerprint density at radius 3 is 2.58 bits per heavy atom. The lowest BCUT2D eigenvalue weighted by atomic mass is 10.2. The molecule has 0 unspecified atom stereocenters. The number of carboxylic acid groups (broad SMARTS) is 1. The molecule has 0 aliphatic heterocycles. The Morgan fingerprint density at radius 1 is 1.32 bits per heavy atom. The first-order valence-electron chi connectivity index (χ1n) is 5.79. The highest BCUT2D eigenvalue weighted by molar-refractivity contribution is 7.99. The van der Waals surface area contributed by atoms with E-state index in [9.17, 15) is 4.79 Å². The maximum Gasteiger partial charge on any atom is 0.335 e. The van der Waals surface area contributed by atoms with Crippen LogP contribution in [0.1, 0.15) is 28.5 Å². The minimum Gasteiger partial charge on any atom is -0.478 e. The Labute approximate surface area is 115 Å². The summed E-state index contributed by atoms with van der Waals surface area (Å²) >= 11 is 1.26. The van der Waals surface area contributed by atoms with Crippen molar-refractivity contribution in [3.05, 3.63) is 41.3 Å². The molecule has 0 aliphatic carbocycles. The third-order valence-corrected chi connectivity index (χ3v) is 3.23. The molecule has 19 heavy (non-hydrogen) atoms. The Bertz CT molecular complexity index is 599. The summed E-state index contributed by atoms with van der Waals surface area (Å²) in [7, 11) is 0. The van der Waals surface area contributed by atoms with E-state index in [0.717, 1.165) is 11.3 Å². The van der Waals surface area contributed by atoms with Crippen molar-refractivity contribution in [3.8, 4) is 0 Å². The summed E-state index contributed by atoms with van der Waals surface area (Å²) in [6.45, 7) is 3.84. The third kappa shape index (κ3) is 3.51. The molecule has 0 spiro atoms. The first-order valence-corrected chi connectivity index (χ1v) is 6.61. The van der Waals surface area contributed by atoms with Crippen LogP contribution in [0.25, 0.3) is 0 Å². The molecule has 5 nitrogen and oxygen atoms in total. The molecule has 6 heteroatoms. The summed E-state index contributed by atoms with van der Waals surface area (Å²) in [6, 6.07) is 3.12. The fourth-order valence-electron chi connectivity index (χ4n) is 1.44. The second-order valence-corrected chi connectivity index (χ2v) is 4.98. The fourth-order valence-corrected chi connectivity index (χ4v) is 2.19. The van der Waals surface area contributed by atoms with Gasteiger partial charge in [-0.15, -0.1) is 0 Å². The van der Waals surface area contributed by atoms with Crippen molar-refractivity contribution in [1.82, 2.24) is 15.0 Å². The summed E-state index contributed by atoms with van der Waals surface area (Å²) in [5.41, 5.74) is 1.96. The van der Waals surface area contributed by atoms with Crippen LogP contribution in [-0.2, 0) is 6.42 Å². The van der Waals surface area contributed by atoms with Gasteiger partial charge < -0.3 is 5.11 Å². The molecule has 0 bridgehead atoms. The van der Waals surface area contributed by atoms with Crippen molar-refractivity contribution in [2.75, 3.05) is 0 Å². The second-order valence-electron chi connectivity index (χ2n) is 3.99. The summed E-state index contributed by atoms with van der Waals surface area (Å²) in [6.07, 6.45) is 4.12. The molecule has 0 atom stereocenters. The summed E-state index contributed by atoms with van der Waals surface area (Å²) in [5.74, 6) is -0.955. The zero-order chi connectivity index (χ0) is 13.8. The lowest BCUT2D eigenvalue weighted by Crippen LogP contribution is -2.01. The lowest BCUT2D eigenvalue weighted by Gasteiger charge is -2.04. The lowest BCUT2D eigenvalue weighted by molar-refractivity contribution is 0.0696. The van der Waals surface area contributed by atoms with Crippen LogP contribution < -0.4 is 0 Å². The number of pyridine rings is 1. The van der Waals surface area contributed by atoms with Gasteiger partial charge in [0, 0.05) is 18.1 Å². The smallest absolute Gasteiger partial charge is 0.335 e. The molecule has 2 aromatic heterocycles. The number of nitrogens with zero attached hydrogens (tertiary/aromatic N) is 3. The number of aromatic carboxylic acids is 1. The molecule has 98 valence electrons. The molecule has 0 fully saturated rings. The van der Waals surface area contributed by atoms with Crippen molar-refractivity contribution in [1.29, 1.82) is 0 Å². The number of hydrogen-bond donors (Lipinski definition) is 1. The zero-order valence-corrected chi connectivity index (χ0v) is 11.4. The van der Waals surface area contributed by atoms with Gasteiger partial charge in [-0.3, -0.25) is 0 Å². The normalized spacial score (nSPS) is 10.4. The standard InChI is InChI=1S/C13H13N3O2S/c1-3-10-4-9(12(17)18)5-11(16-10)19-13-14-6-8(2)7-15-13/h4-7H,3H2,1-2H3,(H,17,18). The first kappa shape index (κ1) is 13.5. The Hall–Kier alpha value is -1.95. The SMILES string of the molecule is CCc1cc(C(=O)O)cc(Sc2ncc(C)cn2)n1. The van der Waals surface area contributed by atoms with Crippen LogP contribution in [-0.4, -0.2) is 26.0 Å². The predicted octanol–water partition coefficient (Wildman–Crippen LogP) is 2.59. The molecule has 0 saturated heterocycles. The van der Waals surface area contributed by atoms with Crippen LogP contribution in [0.3, 0.4) is 0 Å². The maximum atomic E-state index is 11.1. The molecule has 2 heterocycles. The number of aromatic nitrogens is 3. The molecule has 2 aromatic rings. The number of aryl methyl sites for hydroxylation is 2. The average Bonchev–Trinajstić information content (AvgIpc) is 2.41. The molecule has 0 aliphatic rings. The summed E-state index contributed by atoms with van der Waals surface area (Å²) in [4.78, 5) is 23.8. The molecule has 1 N–H and O–H groups in total. The van der Waals surface area contributed by atoms with E-state index in [1.165, 1.54) is 17.8 Å². The number of rotatable bonds is 4. The van der Waals surface area contributed by atoms with E-state index in [4.69, 9.17) is 5.11 Å². The molecule has 0 radical (unpaired) electrons. The van der Waals surface area contributed by atoms with Crippen molar-refractivity contribution in [2.45, 2.75) is 30.5 Å². The van der Waals surface area contributed by atoms with E-state index in [1.54, 1.807) is 18.5 Å². The topological polar surface area (TPSA) is 76.0 Å². The van der Waals surface area contributed by atoms with E-state index in [-0.39, 0.29) is 5.56 Å². The molecule has 0 amide bonds. The Balaban J connectivity index is 2.31. The van der Waals surface area contributed by atoms with Crippen molar-refractivity contribution >= 4 is 17.7 Å². The van der Waals surface area contributed by atoms with Crippen molar-refractivity contribution < 1.29 is 9.90 Å². The highest BCUT2D eigenvalue weighted by atomic mass is 32.2. The highest BCUT2D eigenvalue weighted by Crippen LogP contribution is 2.24. The van der Waals surface area contributed by atoms with Crippen LogP contribution >= 0.6 is 11.8 Å². The predicted molar refractivity (Wildman–Crippen MR) is 71.5 cm³/mol. The quantitative estimate of drug-likeness (QED) is 0.864. The van der Waals surface area contributed by atoms with Crippen LogP contribution in [0.5, 0.6) is 0 Å². The van der Waals surface area contributed by atoms with Gasteiger partial charge in [-0.25, -0.2) is 19.7 Å². The van der Waals surface area contributed by atoms with Crippen LogP contribution in [0.4, 0.5) is 0 Å². The van der Waals surface area contributed by atoms with Crippen molar-refractivity contribution in [3.63, 3.8) is 0 Å². The van der Waals surface area contributed by atoms with Gasteiger partial charge >= 0.3 is 5.97 Å². The van der Waals surface area contributed by atoms with E-state index < -0.39 is 5.97 Å². The van der Waals surface area contributed by atoms with Crippen LogP contribution in [0, 0.1) is 6.92 Å². The van der Waals surface area contributed by atoms with Gasteiger partial charge in [0.25, 0.3) is 0 Å². The molecule has 2 rings (SSSR count). The van der Waals surface area contributed by atoms with Crippen LogP contribution in [0.15, 0.2) is 34.7 Å².